The monoisotopic (exact) mass is 462 g/mol. The van der Waals surface area contributed by atoms with Crippen LogP contribution in [0, 0.1) is 0 Å². The van der Waals surface area contributed by atoms with Crippen LogP contribution in [0.5, 0.6) is 0 Å². The van der Waals surface area contributed by atoms with Gasteiger partial charge in [0, 0.05) is 62.9 Å². The summed E-state index contributed by atoms with van der Waals surface area (Å²) in [6.45, 7) is 5.03. The highest BCUT2D eigenvalue weighted by Crippen LogP contribution is 2.32. The van der Waals surface area contributed by atoms with Gasteiger partial charge >= 0.3 is 0 Å². The van der Waals surface area contributed by atoms with Gasteiger partial charge in [-0.15, -0.1) is 0 Å². The number of imide groups is 1. The third-order valence-electron chi connectivity index (χ3n) is 7.76. The van der Waals surface area contributed by atoms with Gasteiger partial charge in [-0.3, -0.25) is 24.6 Å². The summed E-state index contributed by atoms with van der Waals surface area (Å²) >= 11 is 0. The predicted octanol–water partition coefficient (Wildman–Crippen LogP) is 1.13. The number of hydrogen-bond acceptors (Lipinski definition) is 6. The highest BCUT2D eigenvalue weighted by atomic mass is 16.2. The van der Waals surface area contributed by atoms with Gasteiger partial charge < -0.3 is 14.8 Å². The first-order valence-corrected chi connectivity index (χ1v) is 12.3. The molecule has 5 heterocycles. The summed E-state index contributed by atoms with van der Waals surface area (Å²) in [7, 11) is 0. The van der Waals surface area contributed by atoms with Crippen LogP contribution in [0.15, 0.2) is 24.5 Å². The minimum absolute atomic E-state index is 0.118. The van der Waals surface area contributed by atoms with Crippen molar-refractivity contribution in [3.05, 3.63) is 52.6 Å². The number of aromatic nitrogens is 2. The highest BCUT2D eigenvalue weighted by molar-refractivity contribution is 6.05. The van der Waals surface area contributed by atoms with Crippen LogP contribution in [-0.4, -0.2) is 62.7 Å². The smallest absolute Gasteiger partial charge is 0.255 e. The molecular weight excluding hydrogens is 432 g/mol. The lowest BCUT2D eigenvalue weighted by atomic mass is 10.0. The molecule has 2 fully saturated rings. The first kappa shape index (κ1) is 21.5. The fourth-order valence-corrected chi connectivity index (χ4v) is 5.94. The maximum absolute atomic E-state index is 13.1. The lowest BCUT2D eigenvalue weighted by Gasteiger charge is -2.31. The Kier molecular flexibility index (Phi) is 5.45. The van der Waals surface area contributed by atoms with E-state index in [2.05, 4.69) is 26.2 Å². The minimum atomic E-state index is -0.582. The Morgan fingerprint density at radius 1 is 1.09 bits per heavy atom. The molecule has 2 atom stereocenters. The molecule has 0 spiro atoms. The molecule has 2 N–H and O–H groups in total. The fourth-order valence-electron chi connectivity index (χ4n) is 5.94. The molecular formula is C25H30N6O3. The maximum Gasteiger partial charge on any atom is 0.255 e. The molecule has 0 aliphatic carbocycles. The van der Waals surface area contributed by atoms with E-state index in [1.807, 2.05) is 18.5 Å². The van der Waals surface area contributed by atoms with Crippen LogP contribution in [-0.2, 0) is 35.6 Å². The molecule has 0 saturated carbocycles. The normalized spacial score (nSPS) is 25.3. The Bertz CT molecular complexity index is 1150. The standard InChI is InChI=1S/C25H30N6O3/c32-23-7-6-22(24(33)28-23)30-13-19-16(3-1-5-18(19)25(30)34)12-29-10-8-21-20(14-29)27-15-31(21)17-4-2-9-26-11-17/h1,3,5,15,17,22,26H,2,4,6-14H2,(H,28,32,33). The van der Waals surface area contributed by atoms with Crippen LogP contribution in [0.25, 0.3) is 0 Å². The van der Waals surface area contributed by atoms with E-state index < -0.39 is 6.04 Å². The molecule has 0 bridgehead atoms. The van der Waals surface area contributed by atoms with Gasteiger partial charge in [-0.25, -0.2) is 4.98 Å². The molecule has 0 radical (unpaired) electrons. The molecule has 6 rings (SSSR count). The average Bonchev–Trinajstić information content (AvgIpc) is 3.41. The number of piperidine rings is 2. The quantitative estimate of drug-likeness (QED) is 0.661. The van der Waals surface area contributed by atoms with Gasteiger partial charge in [0.1, 0.15) is 6.04 Å². The molecule has 3 amide bonds. The van der Waals surface area contributed by atoms with Crippen LogP contribution in [0.2, 0.25) is 0 Å². The second-order valence-electron chi connectivity index (χ2n) is 9.85. The first-order valence-electron chi connectivity index (χ1n) is 12.3. The van der Waals surface area contributed by atoms with E-state index in [0.29, 0.717) is 24.6 Å². The van der Waals surface area contributed by atoms with Crippen LogP contribution in [0.1, 0.15) is 64.6 Å². The Morgan fingerprint density at radius 3 is 2.82 bits per heavy atom. The van der Waals surface area contributed by atoms with E-state index in [1.54, 1.807) is 4.90 Å². The molecule has 9 heteroatoms. The van der Waals surface area contributed by atoms with Gasteiger partial charge in [0.2, 0.25) is 11.8 Å². The second kappa shape index (κ2) is 8.63. The maximum atomic E-state index is 13.1. The Morgan fingerprint density at radius 2 is 2.00 bits per heavy atom. The van der Waals surface area contributed by atoms with E-state index in [1.165, 1.54) is 18.5 Å². The van der Waals surface area contributed by atoms with Crippen molar-refractivity contribution in [3.63, 3.8) is 0 Å². The summed E-state index contributed by atoms with van der Waals surface area (Å²) in [5.74, 6) is -0.754. The van der Waals surface area contributed by atoms with Crippen molar-refractivity contribution in [2.75, 3.05) is 19.6 Å². The lowest BCUT2D eigenvalue weighted by molar-refractivity contribution is -0.136. The van der Waals surface area contributed by atoms with Crippen LogP contribution < -0.4 is 10.6 Å². The number of rotatable bonds is 4. The summed E-state index contributed by atoms with van der Waals surface area (Å²) in [5, 5.41) is 5.87. The van der Waals surface area contributed by atoms with Gasteiger partial charge in [-0.2, -0.15) is 0 Å². The van der Waals surface area contributed by atoms with Crippen molar-refractivity contribution in [3.8, 4) is 0 Å². The molecule has 4 aliphatic heterocycles. The third-order valence-corrected chi connectivity index (χ3v) is 7.76. The van der Waals surface area contributed by atoms with Crippen molar-refractivity contribution >= 4 is 17.7 Å². The largest absolute Gasteiger partial charge is 0.330 e. The number of nitrogens with one attached hydrogen (secondary N) is 2. The minimum Gasteiger partial charge on any atom is -0.330 e. The summed E-state index contributed by atoms with van der Waals surface area (Å²) in [4.78, 5) is 45.8. The van der Waals surface area contributed by atoms with Crippen molar-refractivity contribution in [2.45, 2.75) is 63.8 Å². The van der Waals surface area contributed by atoms with E-state index in [4.69, 9.17) is 4.98 Å². The van der Waals surface area contributed by atoms with Crippen LogP contribution >= 0.6 is 0 Å². The van der Waals surface area contributed by atoms with Gasteiger partial charge in [0.25, 0.3) is 5.91 Å². The Labute approximate surface area is 198 Å². The van der Waals surface area contributed by atoms with E-state index in [9.17, 15) is 14.4 Å². The molecule has 2 saturated heterocycles. The molecule has 178 valence electrons. The predicted molar refractivity (Wildman–Crippen MR) is 124 cm³/mol. The third kappa shape index (κ3) is 3.73. The number of benzene rings is 1. The fraction of sp³-hybridized carbons (Fsp3) is 0.520. The van der Waals surface area contributed by atoms with Gasteiger partial charge in [0.15, 0.2) is 0 Å². The number of hydrogen-bond donors (Lipinski definition) is 2. The van der Waals surface area contributed by atoms with E-state index in [-0.39, 0.29) is 24.1 Å². The zero-order valence-corrected chi connectivity index (χ0v) is 19.3. The number of imidazole rings is 1. The van der Waals surface area contributed by atoms with Gasteiger partial charge in [0.05, 0.1) is 12.0 Å². The number of amides is 3. The number of fused-ring (bicyclic) bond motifs is 2. The molecule has 34 heavy (non-hydrogen) atoms. The molecule has 1 aromatic heterocycles. The lowest BCUT2D eigenvalue weighted by Crippen LogP contribution is -2.52. The Hall–Kier alpha value is -3.04. The molecule has 1 aromatic carbocycles. The van der Waals surface area contributed by atoms with Gasteiger partial charge in [-0.05, 0) is 43.0 Å². The zero-order valence-electron chi connectivity index (χ0n) is 19.3. The second-order valence-corrected chi connectivity index (χ2v) is 9.85. The average molecular weight is 463 g/mol. The molecule has 2 aromatic rings. The summed E-state index contributed by atoms with van der Waals surface area (Å²) in [6, 6.07) is 5.78. The molecule has 2 unspecified atom stereocenters. The molecule has 9 nitrogen and oxygen atoms in total. The Balaban J connectivity index is 1.17. The number of carbonyl (C=O) groups excluding carboxylic acids is 3. The molecule has 4 aliphatic rings. The SMILES string of the molecule is O=C1CCC(N2Cc3c(CN4CCc5c(ncn5C5CCCNC5)C4)cccc3C2=O)C(=O)N1. The van der Waals surface area contributed by atoms with Crippen molar-refractivity contribution in [2.24, 2.45) is 0 Å². The van der Waals surface area contributed by atoms with E-state index >= 15 is 0 Å². The topological polar surface area (TPSA) is 99.6 Å². The van der Waals surface area contributed by atoms with Crippen LogP contribution in [0.3, 0.4) is 0 Å². The van der Waals surface area contributed by atoms with E-state index in [0.717, 1.165) is 56.0 Å². The number of nitrogens with zero attached hydrogens (tertiary/aromatic N) is 4. The van der Waals surface area contributed by atoms with Crippen LogP contribution in [0.4, 0.5) is 0 Å². The number of carbonyl (C=O) groups is 3. The summed E-state index contributed by atoms with van der Waals surface area (Å²) in [5.41, 5.74) is 5.32. The van der Waals surface area contributed by atoms with Crippen molar-refractivity contribution in [1.29, 1.82) is 0 Å². The van der Waals surface area contributed by atoms with Gasteiger partial charge in [-0.1, -0.05) is 12.1 Å². The summed E-state index contributed by atoms with van der Waals surface area (Å²) in [6.07, 6.45) is 6.05. The zero-order chi connectivity index (χ0) is 23.2. The highest BCUT2D eigenvalue weighted by Gasteiger charge is 2.40. The van der Waals surface area contributed by atoms with Crippen molar-refractivity contribution in [1.82, 2.24) is 30.0 Å². The van der Waals surface area contributed by atoms with Crippen molar-refractivity contribution < 1.29 is 14.4 Å². The first-order chi connectivity index (χ1) is 16.6. The summed E-state index contributed by atoms with van der Waals surface area (Å²) < 4.78 is 2.38.